The van der Waals surface area contributed by atoms with Gasteiger partial charge in [-0.3, -0.25) is 0 Å². The zero-order valence-electron chi connectivity index (χ0n) is 11.4. The van der Waals surface area contributed by atoms with Gasteiger partial charge in [-0.15, -0.1) is 0 Å². The fourth-order valence-corrected chi connectivity index (χ4v) is 2.30. The Morgan fingerprint density at radius 2 is 1.90 bits per heavy atom. The summed E-state index contributed by atoms with van der Waals surface area (Å²) in [4.78, 5) is 12.0. The van der Waals surface area contributed by atoms with E-state index < -0.39 is 0 Å². The monoisotopic (exact) mass is 294 g/mol. The third-order valence-corrected chi connectivity index (χ3v) is 3.19. The van der Waals surface area contributed by atoms with Crippen LogP contribution in [0.4, 0.5) is 0 Å². The molecule has 2 aromatic carbocycles. The van der Waals surface area contributed by atoms with Gasteiger partial charge in [-0.1, -0.05) is 24.3 Å². The van der Waals surface area contributed by atoms with E-state index in [0.717, 1.165) is 22.6 Å². The van der Waals surface area contributed by atoms with Gasteiger partial charge in [0.05, 0.1) is 12.2 Å². The minimum Gasteiger partial charge on any atom is -0.462 e. The molecule has 1 heterocycles. The topological polar surface area (TPSA) is 35.5 Å². The number of rotatable bonds is 2. The van der Waals surface area contributed by atoms with Gasteiger partial charge in [-0.2, -0.15) is 0 Å². The zero-order valence-corrected chi connectivity index (χ0v) is 13.6. The van der Waals surface area contributed by atoms with Gasteiger partial charge in [0.1, 0.15) is 11.5 Å². The molecule has 0 spiro atoms. The number of benzene rings is 2. The van der Waals surface area contributed by atoms with E-state index in [-0.39, 0.29) is 43.7 Å². The van der Waals surface area contributed by atoms with Crippen molar-refractivity contribution in [2.45, 2.75) is 13.3 Å². The SMILES string of the molecule is CCOC(=O)c1cccc2c1Cc1ccccc1O2.[Ca]. The molecule has 0 amide bonds. The molecule has 2 radical (unpaired) electrons. The van der Waals surface area contributed by atoms with Crippen molar-refractivity contribution in [3.63, 3.8) is 0 Å². The molecular formula is C16H14CaO3. The Morgan fingerprint density at radius 3 is 2.70 bits per heavy atom. The summed E-state index contributed by atoms with van der Waals surface area (Å²) in [7, 11) is 0. The van der Waals surface area contributed by atoms with Crippen LogP contribution in [-0.2, 0) is 11.2 Å². The Labute approximate surface area is 147 Å². The second-order valence-electron chi connectivity index (χ2n) is 4.39. The molecule has 1 aliphatic heterocycles. The minimum atomic E-state index is -0.290. The molecule has 3 rings (SSSR count). The van der Waals surface area contributed by atoms with E-state index in [1.165, 1.54) is 0 Å². The molecule has 0 saturated carbocycles. The van der Waals surface area contributed by atoms with Crippen LogP contribution in [0.25, 0.3) is 0 Å². The van der Waals surface area contributed by atoms with Crippen LogP contribution in [-0.4, -0.2) is 50.3 Å². The van der Waals surface area contributed by atoms with Crippen LogP contribution in [0.2, 0.25) is 0 Å². The van der Waals surface area contributed by atoms with Crippen LogP contribution in [0.5, 0.6) is 11.5 Å². The molecule has 0 bridgehead atoms. The summed E-state index contributed by atoms with van der Waals surface area (Å²) in [6.45, 7) is 2.18. The average Bonchev–Trinajstić information content (AvgIpc) is 2.44. The number of hydrogen-bond donors (Lipinski definition) is 0. The Balaban J connectivity index is 0.00000147. The summed E-state index contributed by atoms with van der Waals surface area (Å²) in [6.07, 6.45) is 0.695. The van der Waals surface area contributed by atoms with Crippen molar-refractivity contribution >= 4 is 43.7 Å². The third-order valence-electron chi connectivity index (χ3n) is 3.19. The van der Waals surface area contributed by atoms with E-state index in [1.54, 1.807) is 13.0 Å². The zero-order chi connectivity index (χ0) is 13.2. The second-order valence-corrected chi connectivity index (χ2v) is 4.39. The first-order chi connectivity index (χ1) is 9.29. The maximum absolute atomic E-state index is 12.0. The number of hydrogen-bond acceptors (Lipinski definition) is 3. The molecule has 20 heavy (non-hydrogen) atoms. The number of carbonyl (C=O) groups is 1. The van der Waals surface area contributed by atoms with E-state index in [9.17, 15) is 4.79 Å². The Bertz CT molecular complexity index is 637. The first-order valence-electron chi connectivity index (χ1n) is 6.34. The van der Waals surface area contributed by atoms with Gasteiger partial charge in [0.2, 0.25) is 0 Å². The van der Waals surface area contributed by atoms with Gasteiger partial charge < -0.3 is 9.47 Å². The Hall–Kier alpha value is -1.03. The molecule has 4 heteroatoms. The second kappa shape index (κ2) is 6.61. The number of para-hydroxylation sites is 1. The predicted molar refractivity (Wildman–Crippen MR) is 77.5 cm³/mol. The Morgan fingerprint density at radius 1 is 1.15 bits per heavy atom. The maximum atomic E-state index is 12.0. The molecule has 0 aliphatic carbocycles. The molecule has 0 aromatic heterocycles. The predicted octanol–water partition coefficient (Wildman–Crippen LogP) is 3.18. The van der Waals surface area contributed by atoms with Gasteiger partial charge in [-0.25, -0.2) is 4.79 Å². The first-order valence-corrected chi connectivity index (χ1v) is 6.34. The van der Waals surface area contributed by atoms with E-state index in [2.05, 4.69) is 0 Å². The number of carbonyl (C=O) groups excluding carboxylic acids is 1. The summed E-state index contributed by atoms with van der Waals surface area (Å²) < 4.78 is 10.9. The van der Waals surface area contributed by atoms with Crippen LogP contribution in [0.15, 0.2) is 42.5 Å². The fourth-order valence-electron chi connectivity index (χ4n) is 2.30. The quantitative estimate of drug-likeness (QED) is 0.538. The largest absolute Gasteiger partial charge is 0.462 e. The van der Waals surface area contributed by atoms with Gasteiger partial charge in [0, 0.05) is 49.7 Å². The molecule has 0 saturated heterocycles. The van der Waals surface area contributed by atoms with Crippen molar-refractivity contribution in [3.8, 4) is 11.5 Å². The smallest absolute Gasteiger partial charge is 0.338 e. The van der Waals surface area contributed by atoms with Crippen molar-refractivity contribution in [1.29, 1.82) is 0 Å². The minimum absolute atomic E-state index is 0. The molecule has 3 nitrogen and oxygen atoms in total. The molecule has 0 unspecified atom stereocenters. The first kappa shape index (κ1) is 15.4. The number of esters is 1. The van der Waals surface area contributed by atoms with E-state index >= 15 is 0 Å². The van der Waals surface area contributed by atoms with Crippen LogP contribution >= 0.6 is 0 Å². The van der Waals surface area contributed by atoms with Gasteiger partial charge in [0.25, 0.3) is 0 Å². The molecule has 1 aliphatic rings. The van der Waals surface area contributed by atoms with E-state index in [1.807, 2.05) is 36.4 Å². The Kier molecular flexibility index (Phi) is 5.08. The van der Waals surface area contributed by atoms with Crippen molar-refractivity contribution in [2.75, 3.05) is 6.61 Å². The standard InChI is InChI=1S/C16H14O3.Ca/c1-2-18-16(17)12-7-5-9-15-13(12)10-11-6-3-4-8-14(11)19-15;/h3-9H,2,10H2,1H3;. The summed E-state index contributed by atoms with van der Waals surface area (Å²) >= 11 is 0. The van der Waals surface area contributed by atoms with Gasteiger partial charge >= 0.3 is 5.97 Å². The van der Waals surface area contributed by atoms with Crippen molar-refractivity contribution in [2.24, 2.45) is 0 Å². The van der Waals surface area contributed by atoms with E-state index in [4.69, 9.17) is 9.47 Å². The number of fused-ring (bicyclic) bond motifs is 2. The van der Waals surface area contributed by atoms with Gasteiger partial charge in [0.15, 0.2) is 0 Å². The summed E-state index contributed by atoms with van der Waals surface area (Å²) in [5, 5.41) is 0. The van der Waals surface area contributed by atoms with Crippen molar-refractivity contribution < 1.29 is 14.3 Å². The van der Waals surface area contributed by atoms with E-state index in [0.29, 0.717) is 18.6 Å². The normalized spacial score (nSPS) is 11.4. The maximum Gasteiger partial charge on any atom is 0.338 e. The molecule has 0 atom stereocenters. The van der Waals surface area contributed by atoms with Gasteiger partial charge in [-0.05, 0) is 30.7 Å². The fraction of sp³-hybridized carbons (Fsp3) is 0.188. The molecular weight excluding hydrogens is 280 g/mol. The van der Waals surface area contributed by atoms with Crippen LogP contribution in [0.3, 0.4) is 0 Å². The van der Waals surface area contributed by atoms with Crippen LogP contribution in [0.1, 0.15) is 28.4 Å². The molecule has 0 fully saturated rings. The molecule has 0 N–H and O–H groups in total. The molecule has 2 aromatic rings. The van der Waals surface area contributed by atoms with Crippen LogP contribution < -0.4 is 4.74 Å². The summed E-state index contributed by atoms with van der Waals surface area (Å²) in [5.74, 6) is 1.31. The summed E-state index contributed by atoms with van der Waals surface area (Å²) in [5.41, 5.74) is 2.58. The van der Waals surface area contributed by atoms with Crippen molar-refractivity contribution in [3.05, 3.63) is 59.2 Å². The summed E-state index contributed by atoms with van der Waals surface area (Å²) in [6, 6.07) is 13.4. The number of ether oxygens (including phenoxy) is 2. The molecule has 98 valence electrons. The van der Waals surface area contributed by atoms with Crippen molar-refractivity contribution in [1.82, 2.24) is 0 Å². The van der Waals surface area contributed by atoms with Crippen LogP contribution in [0, 0.1) is 0 Å². The third kappa shape index (κ3) is 2.85. The average molecular weight is 294 g/mol.